The molecule has 0 aromatic heterocycles. The van der Waals surface area contributed by atoms with Crippen LogP contribution in [0.25, 0.3) is 0 Å². The Morgan fingerprint density at radius 1 is 1.19 bits per heavy atom. The fourth-order valence-corrected chi connectivity index (χ4v) is 2.82. The summed E-state index contributed by atoms with van der Waals surface area (Å²) in [6.45, 7) is 4.28. The number of amides is 1. The van der Waals surface area contributed by atoms with Crippen LogP contribution in [0, 0.1) is 11.6 Å². The van der Waals surface area contributed by atoms with Gasteiger partial charge in [-0.25, -0.2) is 8.78 Å². The SMILES string of the molecule is C[C@H](N[C@@H](C)CCCOc1ccccc1C(N)=O)c1ccc(F)cc1F. The summed E-state index contributed by atoms with van der Waals surface area (Å²) in [5.41, 5.74) is 6.11. The molecule has 0 saturated carbocycles. The average Bonchev–Trinajstić information content (AvgIpc) is 2.58. The van der Waals surface area contributed by atoms with Crippen LogP contribution in [-0.2, 0) is 0 Å². The van der Waals surface area contributed by atoms with Gasteiger partial charge in [0.1, 0.15) is 17.4 Å². The molecule has 0 aliphatic rings. The quantitative estimate of drug-likeness (QED) is 0.664. The average molecular weight is 362 g/mol. The number of para-hydroxylation sites is 1. The van der Waals surface area contributed by atoms with Crippen molar-refractivity contribution in [2.45, 2.75) is 38.8 Å². The van der Waals surface area contributed by atoms with E-state index in [0.717, 1.165) is 18.9 Å². The summed E-state index contributed by atoms with van der Waals surface area (Å²) in [5, 5.41) is 3.29. The van der Waals surface area contributed by atoms with Gasteiger partial charge in [0.05, 0.1) is 12.2 Å². The van der Waals surface area contributed by atoms with E-state index in [1.807, 2.05) is 13.8 Å². The van der Waals surface area contributed by atoms with Gasteiger partial charge in [0, 0.05) is 23.7 Å². The van der Waals surface area contributed by atoms with Gasteiger partial charge in [-0.05, 0) is 44.9 Å². The van der Waals surface area contributed by atoms with Gasteiger partial charge in [-0.3, -0.25) is 4.79 Å². The highest BCUT2D eigenvalue weighted by Crippen LogP contribution is 2.20. The smallest absolute Gasteiger partial charge is 0.252 e. The van der Waals surface area contributed by atoms with Crippen LogP contribution in [0.15, 0.2) is 42.5 Å². The molecule has 2 aromatic rings. The van der Waals surface area contributed by atoms with Crippen LogP contribution >= 0.6 is 0 Å². The summed E-state index contributed by atoms with van der Waals surface area (Å²) in [4.78, 5) is 11.3. The van der Waals surface area contributed by atoms with Gasteiger partial charge in [0.15, 0.2) is 0 Å². The number of primary amides is 1. The van der Waals surface area contributed by atoms with E-state index < -0.39 is 17.5 Å². The van der Waals surface area contributed by atoms with Crippen molar-refractivity contribution in [2.75, 3.05) is 6.61 Å². The highest BCUT2D eigenvalue weighted by atomic mass is 19.1. The lowest BCUT2D eigenvalue weighted by molar-refractivity contribution is 0.0996. The molecule has 0 aliphatic carbocycles. The van der Waals surface area contributed by atoms with Gasteiger partial charge in [0.2, 0.25) is 0 Å². The molecule has 0 spiro atoms. The zero-order chi connectivity index (χ0) is 19.1. The number of hydrogen-bond acceptors (Lipinski definition) is 3. The predicted molar refractivity (Wildman–Crippen MR) is 97.1 cm³/mol. The number of nitrogens with one attached hydrogen (secondary N) is 1. The number of rotatable bonds is 9. The number of carbonyl (C=O) groups excluding carboxylic acids is 1. The van der Waals surface area contributed by atoms with E-state index in [4.69, 9.17) is 10.5 Å². The van der Waals surface area contributed by atoms with Crippen molar-refractivity contribution in [3.05, 3.63) is 65.2 Å². The molecule has 140 valence electrons. The van der Waals surface area contributed by atoms with Gasteiger partial charge in [-0.15, -0.1) is 0 Å². The van der Waals surface area contributed by atoms with Crippen LogP contribution in [0.4, 0.5) is 8.78 Å². The van der Waals surface area contributed by atoms with Crippen LogP contribution in [0.2, 0.25) is 0 Å². The zero-order valence-electron chi connectivity index (χ0n) is 15.0. The Kier molecular flexibility index (Phi) is 7.09. The van der Waals surface area contributed by atoms with Gasteiger partial charge in [-0.1, -0.05) is 18.2 Å². The summed E-state index contributed by atoms with van der Waals surface area (Å²) >= 11 is 0. The molecule has 2 atom stereocenters. The van der Waals surface area contributed by atoms with Crippen molar-refractivity contribution >= 4 is 5.91 Å². The molecule has 0 fully saturated rings. The number of benzene rings is 2. The summed E-state index contributed by atoms with van der Waals surface area (Å²) in [5.74, 6) is -1.18. The first-order valence-corrected chi connectivity index (χ1v) is 8.61. The number of ether oxygens (including phenoxy) is 1. The zero-order valence-corrected chi connectivity index (χ0v) is 15.0. The normalized spacial score (nSPS) is 13.2. The Morgan fingerprint density at radius 3 is 2.62 bits per heavy atom. The van der Waals surface area contributed by atoms with Gasteiger partial charge in [0.25, 0.3) is 5.91 Å². The summed E-state index contributed by atoms with van der Waals surface area (Å²) < 4.78 is 32.4. The third-order valence-corrected chi connectivity index (χ3v) is 4.16. The molecular formula is C20H24F2N2O2. The van der Waals surface area contributed by atoms with E-state index in [1.54, 1.807) is 24.3 Å². The minimum Gasteiger partial charge on any atom is -0.493 e. The van der Waals surface area contributed by atoms with Crippen LogP contribution in [0.1, 0.15) is 48.7 Å². The van der Waals surface area contributed by atoms with Crippen molar-refractivity contribution in [2.24, 2.45) is 5.73 Å². The molecule has 0 radical (unpaired) electrons. The van der Waals surface area contributed by atoms with Crippen LogP contribution in [0.5, 0.6) is 5.75 Å². The highest BCUT2D eigenvalue weighted by molar-refractivity contribution is 5.95. The van der Waals surface area contributed by atoms with E-state index in [9.17, 15) is 13.6 Å². The molecule has 0 unspecified atom stereocenters. The van der Waals surface area contributed by atoms with Crippen molar-refractivity contribution in [3.63, 3.8) is 0 Å². The van der Waals surface area contributed by atoms with Crippen molar-refractivity contribution in [3.8, 4) is 5.75 Å². The number of carbonyl (C=O) groups is 1. The number of hydrogen-bond donors (Lipinski definition) is 2. The Balaban J connectivity index is 1.79. The molecule has 26 heavy (non-hydrogen) atoms. The lowest BCUT2D eigenvalue weighted by Gasteiger charge is -2.21. The Bertz CT molecular complexity index is 752. The summed E-state index contributed by atoms with van der Waals surface area (Å²) in [6.07, 6.45) is 1.55. The topological polar surface area (TPSA) is 64.3 Å². The largest absolute Gasteiger partial charge is 0.493 e. The lowest BCUT2D eigenvalue weighted by Crippen LogP contribution is -2.29. The molecule has 2 aromatic carbocycles. The lowest BCUT2D eigenvalue weighted by atomic mass is 10.1. The van der Waals surface area contributed by atoms with Gasteiger partial charge >= 0.3 is 0 Å². The van der Waals surface area contributed by atoms with Crippen LogP contribution in [-0.4, -0.2) is 18.6 Å². The fraction of sp³-hybridized carbons (Fsp3) is 0.350. The van der Waals surface area contributed by atoms with Crippen molar-refractivity contribution in [1.82, 2.24) is 5.32 Å². The van der Waals surface area contributed by atoms with E-state index in [2.05, 4.69) is 5.32 Å². The fourth-order valence-electron chi connectivity index (χ4n) is 2.82. The second-order valence-corrected chi connectivity index (χ2v) is 6.31. The molecule has 0 aliphatic heterocycles. The molecular weight excluding hydrogens is 338 g/mol. The number of halogens is 2. The Morgan fingerprint density at radius 2 is 1.92 bits per heavy atom. The Labute approximate surface area is 152 Å². The van der Waals surface area contributed by atoms with E-state index in [1.165, 1.54) is 12.1 Å². The predicted octanol–water partition coefficient (Wildman–Crippen LogP) is 3.96. The number of nitrogens with two attached hydrogens (primary N) is 1. The second-order valence-electron chi connectivity index (χ2n) is 6.31. The first-order chi connectivity index (χ1) is 12.4. The molecule has 4 nitrogen and oxygen atoms in total. The highest BCUT2D eigenvalue weighted by Gasteiger charge is 2.14. The Hall–Kier alpha value is -2.47. The van der Waals surface area contributed by atoms with Crippen LogP contribution < -0.4 is 15.8 Å². The minimum absolute atomic E-state index is 0.115. The molecule has 1 amide bonds. The van der Waals surface area contributed by atoms with Gasteiger partial charge < -0.3 is 15.8 Å². The molecule has 3 N–H and O–H groups in total. The molecule has 0 saturated heterocycles. The third-order valence-electron chi connectivity index (χ3n) is 4.16. The maximum atomic E-state index is 13.8. The van der Waals surface area contributed by atoms with E-state index in [-0.39, 0.29) is 12.1 Å². The second kappa shape index (κ2) is 9.29. The molecule has 6 heteroatoms. The van der Waals surface area contributed by atoms with Crippen molar-refractivity contribution < 1.29 is 18.3 Å². The maximum absolute atomic E-state index is 13.8. The summed E-state index contributed by atoms with van der Waals surface area (Å²) in [7, 11) is 0. The third kappa shape index (κ3) is 5.52. The molecule has 0 heterocycles. The minimum atomic E-state index is -0.583. The monoisotopic (exact) mass is 362 g/mol. The maximum Gasteiger partial charge on any atom is 0.252 e. The standard InChI is InChI=1S/C20H24F2N2O2/c1-13(24-14(2)16-10-9-15(21)12-18(16)22)6-5-11-26-19-8-4-3-7-17(19)20(23)25/h3-4,7-10,12-14,24H,5-6,11H2,1-2H3,(H2,23,25)/t13-,14-/m0/s1. The first-order valence-electron chi connectivity index (χ1n) is 8.61. The summed E-state index contributed by atoms with van der Waals surface area (Å²) in [6, 6.07) is 10.3. The molecule has 2 rings (SSSR count). The van der Waals surface area contributed by atoms with E-state index >= 15 is 0 Å². The first kappa shape index (κ1) is 19.8. The van der Waals surface area contributed by atoms with Gasteiger partial charge in [-0.2, -0.15) is 0 Å². The van der Waals surface area contributed by atoms with Crippen LogP contribution in [0.3, 0.4) is 0 Å². The molecule has 0 bridgehead atoms. The van der Waals surface area contributed by atoms with Crippen molar-refractivity contribution in [1.29, 1.82) is 0 Å². The van der Waals surface area contributed by atoms with E-state index in [0.29, 0.717) is 23.5 Å².